The third-order valence-electron chi connectivity index (χ3n) is 1.81. The van der Waals surface area contributed by atoms with E-state index in [2.05, 4.69) is 12.6 Å². The number of carboxylic acid groups (broad SMARTS) is 1. The van der Waals surface area contributed by atoms with Crippen LogP contribution in [0.3, 0.4) is 0 Å². The van der Waals surface area contributed by atoms with Gasteiger partial charge < -0.3 is 15.9 Å². The predicted molar refractivity (Wildman–Crippen MR) is 54.7 cm³/mol. The molecule has 14 heavy (non-hydrogen) atoms. The molecule has 0 saturated heterocycles. The smallest absolute Gasteiger partial charge is 0.320 e. The van der Waals surface area contributed by atoms with E-state index in [9.17, 15) is 4.79 Å². The number of aliphatic carboxylic acids is 1. The molecule has 1 atom stereocenters. The number of phenols is 1. The molecule has 0 spiro atoms. The van der Waals surface area contributed by atoms with Gasteiger partial charge in [0, 0.05) is 4.90 Å². The average Bonchev–Trinajstić information content (AvgIpc) is 2.11. The molecule has 0 aromatic heterocycles. The second kappa shape index (κ2) is 4.34. The van der Waals surface area contributed by atoms with Crippen LogP contribution in [-0.4, -0.2) is 22.2 Å². The summed E-state index contributed by atoms with van der Waals surface area (Å²) in [6.07, 6.45) is 0.225. The molecular formula is C9H11NO3S. The van der Waals surface area contributed by atoms with Crippen molar-refractivity contribution in [1.82, 2.24) is 0 Å². The average molecular weight is 213 g/mol. The van der Waals surface area contributed by atoms with Crippen LogP contribution < -0.4 is 5.73 Å². The second-order valence-electron chi connectivity index (χ2n) is 2.97. The molecule has 4 N–H and O–H groups in total. The molecule has 0 bridgehead atoms. The van der Waals surface area contributed by atoms with E-state index in [4.69, 9.17) is 15.9 Å². The highest BCUT2D eigenvalue weighted by molar-refractivity contribution is 7.80. The van der Waals surface area contributed by atoms with Crippen LogP contribution in [0.15, 0.2) is 23.1 Å². The number of nitrogens with two attached hydrogens (primary N) is 1. The van der Waals surface area contributed by atoms with Gasteiger partial charge in [-0.3, -0.25) is 4.79 Å². The first kappa shape index (κ1) is 10.9. The van der Waals surface area contributed by atoms with E-state index >= 15 is 0 Å². The number of rotatable bonds is 3. The van der Waals surface area contributed by atoms with Gasteiger partial charge in [0.05, 0.1) is 0 Å². The highest BCUT2D eigenvalue weighted by Gasteiger charge is 2.12. The van der Waals surface area contributed by atoms with Gasteiger partial charge in [-0.1, -0.05) is 6.07 Å². The highest BCUT2D eigenvalue weighted by atomic mass is 32.1. The maximum absolute atomic E-state index is 10.5. The lowest BCUT2D eigenvalue weighted by molar-refractivity contribution is -0.138. The Kier molecular flexibility index (Phi) is 3.38. The largest absolute Gasteiger partial charge is 0.507 e. The summed E-state index contributed by atoms with van der Waals surface area (Å²) in [4.78, 5) is 10.9. The fourth-order valence-corrected chi connectivity index (χ4v) is 1.28. The van der Waals surface area contributed by atoms with Gasteiger partial charge >= 0.3 is 5.97 Å². The molecule has 1 aromatic carbocycles. The Hall–Kier alpha value is -1.20. The van der Waals surface area contributed by atoms with Crippen LogP contribution in [0, 0.1) is 0 Å². The topological polar surface area (TPSA) is 83.5 Å². The van der Waals surface area contributed by atoms with Gasteiger partial charge in [-0.05, 0) is 24.1 Å². The summed E-state index contributed by atoms with van der Waals surface area (Å²) < 4.78 is 0. The molecule has 0 amide bonds. The van der Waals surface area contributed by atoms with Crippen LogP contribution in [0.1, 0.15) is 5.56 Å². The van der Waals surface area contributed by atoms with Gasteiger partial charge in [0.2, 0.25) is 0 Å². The summed E-state index contributed by atoms with van der Waals surface area (Å²) in [7, 11) is 0. The molecule has 76 valence electrons. The Morgan fingerprint density at radius 2 is 2.21 bits per heavy atom. The first-order valence-electron chi connectivity index (χ1n) is 4.00. The Balaban J connectivity index is 2.78. The van der Waals surface area contributed by atoms with Crippen LogP contribution in [0.25, 0.3) is 0 Å². The van der Waals surface area contributed by atoms with E-state index < -0.39 is 12.0 Å². The number of benzene rings is 1. The highest BCUT2D eigenvalue weighted by Crippen LogP contribution is 2.22. The van der Waals surface area contributed by atoms with Crippen LogP contribution in [-0.2, 0) is 11.2 Å². The van der Waals surface area contributed by atoms with Crippen molar-refractivity contribution in [3.63, 3.8) is 0 Å². The lowest BCUT2D eigenvalue weighted by Crippen LogP contribution is -2.32. The molecule has 5 heteroatoms. The number of carbonyl (C=O) groups is 1. The lowest BCUT2D eigenvalue weighted by atomic mass is 10.1. The molecular weight excluding hydrogens is 202 g/mol. The number of aromatic hydroxyl groups is 1. The van der Waals surface area contributed by atoms with Crippen LogP contribution in [0.4, 0.5) is 0 Å². The summed E-state index contributed by atoms with van der Waals surface area (Å²) in [5.74, 6) is -0.972. The lowest BCUT2D eigenvalue weighted by Gasteiger charge is -2.07. The molecule has 0 aliphatic carbocycles. The van der Waals surface area contributed by atoms with Crippen molar-refractivity contribution in [1.29, 1.82) is 0 Å². The predicted octanol–water partition coefficient (Wildman–Crippen LogP) is 0.635. The van der Waals surface area contributed by atoms with Crippen molar-refractivity contribution in [2.45, 2.75) is 17.4 Å². The standard InChI is InChI=1S/C9H11NO3S/c10-6(9(12)13)3-5-1-2-7(11)8(14)4-5/h1-2,4,6,11,14H,3,10H2,(H,12,13)/t6-/m0/s1. The first-order chi connectivity index (χ1) is 6.50. The number of hydrogen-bond donors (Lipinski definition) is 4. The van der Waals surface area contributed by atoms with E-state index in [1.165, 1.54) is 6.07 Å². The molecule has 0 radical (unpaired) electrons. The SMILES string of the molecule is N[C@@H](Cc1ccc(O)c(S)c1)C(=O)O. The van der Waals surface area contributed by atoms with Gasteiger partial charge in [0.1, 0.15) is 11.8 Å². The van der Waals surface area contributed by atoms with E-state index in [1.54, 1.807) is 12.1 Å². The van der Waals surface area contributed by atoms with Crippen LogP contribution >= 0.6 is 12.6 Å². The zero-order chi connectivity index (χ0) is 10.7. The van der Waals surface area contributed by atoms with Crippen LogP contribution in [0.2, 0.25) is 0 Å². The normalized spacial score (nSPS) is 12.4. The molecule has 0 unspecified atom stereocenters. The monoisotopic (exact) mass is 213 g/mol. The van der Waals surface area contributed by atoms with E-state index in [-0.39, 0.29) is 12.2 Å². The quantitative estimate of drug-likeness (QED) is 0.555. The number of phenolic OH excluding ortho intramolecular Hbond substituents is 1. The molecule has 1 aromatic rings. The molecule has 0 aliphatic rings. The maximum atomic E-state index is 10.5. The van der Waals surface area contributed by atoms with Crippen molar-refractivity contribution >= 4 is 18.6 Å². The minimum absolute atomic E-state index is 0.0704. The zero-order valence-electron chi connectivity index (χ0n) is 7.34. The summed E-state index contributed by atoms with van der Waals surface area (Å²) in [5.41, 5.74) is 6.09. The Bertz CT molecular complexity index is 354. The Labute approximate surface area is 86.8 Å². The van der Waals surface area contributed by atoms with Crippen molar-refractivity contribution in [2.75, 3.05) is 0 Å². The maximum Gasteiger partial charge on any atom is 0.320 e. The minimum Gasteiger partial charge on any atom is -0.507 e. The fourth-order valence-electron chi connectivity index (χ4n) is 1.04. The fraction of sp³-hybridized carbons (Fsp3) is 0.222. The zero-order valence-corrected chi connectivity index (χ0v) is 8.24. The van der Waals surface area contributed by atoms with Gasteiger partial charge in [-0.2, -0.15) is 0 Å². The van der Waals surface area contributed by atoms with Gasteiger partial charge in [-0.25, -0.2) is 0 Å². The second-order valence-corrected chi connectivity index (χ2v) is 3.45. The first-order valence-corrected chi connectivity index (χ1v) is 4.44. The third kappa shape index (κ3) is 2.65. The molecule has 1 rings (SSSR count). The number of hydrogen-bond acceptors (Lipinski definition) is 4. The summed E-state index contributed by atoms with van der Waals surface area (Å²) in [6, 6.07) is 3.76. The molecule has 0 fully saturated rings. The van der Waals surface area contributed by atoms with Crippen molar-refractivity contribution in [2.24, 2.45) is 5.73 Å². The van der Waals surface area contributed by atoms with E-state index in [0.717, 1.165) is 5.56 Å². The third-order valence-corrected chi connectivity index (χ3v) is 2.17. The minimum atomic E-state index is -1.04. The van der Waals surface area contributed by atoms with Gasteiger partial charge in [0.15, 0.2) is 0 Å². The number of carboxylic acids is 1. The van der Waals surface area contributed by atoms with Crippen molar-refractivity contribution < 1.29 is 15.0 Å². The number of thiol groups is 1. The Morgan fingerprint density at radius 1 is 1.57 bits per heavy atom. The van der Waals surface area contributed by atoms with E-state index in [0.29, 0.717) is 4.90 Å². The Morgan fingerprint density at radius 3 is 2.71 bits per heavy atom. The summed E-state index contributed by atoms with van der Waals surface area (Å²) in [5, 5.41) is 17.7. The summed E-state index contributed by atoms with van der Waals surface area (Å²) in [6.45, 7) is 0. The molecule has 0 aliphatic heterocycles. The van der Waals surface area contributed by atoms with Crippen LogP contribution in [0.5, 0.6) is 5.75 Å². The summed E-state index contributed by atoms with van der Waals surface area (Å²) >= 11 is 4.00. The van der Waals surface area contributed by atoms with E-state index in [1.807, 2.05) is 0 Å². The molecule has 0 heterocycles. The van der Waals surface area contributed by atoms with Crippen molar-refractivity contribution in [3.05, 3.63) is 23.8 Å². The van der Waals surface area contributed by atoms with Gasteiger partial charge in [-0.15, -0.1) is 12.6 Å². The van der Waals surface area contributed by atoms with Gasteiger partial charge in [0.25, 0.3) is 0 Å². The molecule has 0 saturated carbocycles. The molecule has 4 nitrogen and oxygen atoms in total. The van der Waals surface area contributed by atoms with Crippen molar-refractivity contribution in [3.8, 4) is 5.75 Å².